The molecule has 0 saturated heterocycles. The van der Waals surface area contributed by atoms with E-state index in [9.17, 15) is 9.59 Å². The van der Waals surface area contributed by atoms with Gasteiger partial charge in [0, 0.05) is 5.38 Å². The normalized spacial score (nSPS) is 12.0. The lowest BCUT2D eigenvalue weighted by atomic mass is 10.2. The third-order valence-corrected chi connectivity index (χ3v) is 4.74. The van der Waals surface area contributed by atoms with Gasteiger partial charge in [0.25, 0.3) is 0 Å². The average Bonchev–Trinajstić information content (AvgIpc) is 3.15. The zero-order chi connectivity index (χ0) is 18.4. The minimum atomic E-state index is -0.546. The Balaban J connectivity index is 2.09. The maximum Gasteiger partial charge on any atom is 0.311 e. The number of amides is 1. The molecule has 1 unspecified atom stereocenters. The van der Waals surface area contributed by atoms with Crippen molar-refractivity contribution in [3.8, 4) is 0 Å². The maximum absolute atomic E-state index is 12.6. The summed E-state index contributed by atoms with van der Waals surface area (Å²) < 4.78 is 6.49. The summed E-state index contributed by atoms with van der Waals surface area (Å²) in [6, 6.07) is -0.546. The highest BCUT2D eigenvalue weighted by Gasteiger charge is 2.25. The molecule has 0 saturated carbocycles. The van der Waals surface area contributed by atoms with E-state index in [1.165, 1.54) is 23.1 Å². The molecule has 1 amide bonds. The number of nitrogens with zero attached hydrogens (tertiary/aromatic N) is 4. The van der Waals surface area contributed by atoms with Crippen LogP contribution in [0.5, 0.6) is 0 Å². The third kappa shape index (κ3) is 4.69. The zero-order valence-electron chi connectivity index (χ0n) is 14.2. The Morgan fingerprint density at radius 3 is 2.84 bits per heavy atom. The van der Waals surface area contributed by atoms with Crippen molar-refractivity contribution in [1.82, 2.24) is 19.7 Å². The van der Waals surface area contributed by atoms with Gasteiger partial charge in [-0.3, -0.25) is 14.2 Å². The predicted molar refractivity (Wildman–Crippen MR) is 96.6 cm³/mol. The topological polar surface area (TPSA) is 125 Å². The van der Waals surface area contributed by atoms with Crippen LogP contribution in [-0.2, 0) is 20.7 Å². The first-order valence-electron chi connectivity index (χ1n) is 7.65. The Bertz CT molecular complexity index is 745. The number of carbonyl (C=O) groups is 2. The standard InChI is InChI=1S/C14H20N6O3S2/c1-4-9(20-12(15)18-19-14(20)24-3)11(22)17-13-16-8(7-25-13)6-10(21)23-5-2/h7,9H,4-6H2,1-3H3,(H2,15,18)(H,16,17,22). The van der Waals surface area contributed by atoms with Crippen molar-refractivity contribution in [3.05, 3.63) is 11.1 Å². The second-order valence-electron chi connectivity index (χ2n) is 4.95. The van der Waals surface area contributed by atoms with E-state index in [2.05, 4.69) is 20.5 Å². The summed E-state index contributed by atoms with van der Waals surface area (Å²) in [5.74, 6) is -0.422. The Kier molecular flexibility index (Phi) is 6.76. The molecule has 0 aliphatic carbocycles. The smallest absolute Gasteiger partial charge is 0.311 e. The monoisotopic (exact) mass is 384 g/mol. The first-order valence-corrected chi connectivity index (χ1v) is 9.75. The SMILES string of the molecule is CCOC(=O)Cc1csc(NC(=O)C(CC)n2c(N)nnc2SC)n1. The van der Waals surface area contributed by atoms with Crippen LogP contribution in [0.3, 0.4) is 0 Å². The number of carbonyl (C=O) groups excluding carboxylic acids is 2. The highest BCUT2D eigenvalue weighted by Crippen LogP contribution is 2.25. The summed E-state index contributed by atoms with van der Waals surface area (Å²) in [6.45, 7) is 3.94. The number of thiazole rings is 1. The van der Waals surface area contributed by atoms with Crippen molar-refractivity contribution >= 4 is 46.1 Å². The quantitative estimate of drug-likeness (QED) is 0.521. The largest absolute Gasteiger partial charge is 0.466 e. The molecule has 2 rings (SSSR count). The molecule has 9 nitrogen and oxygen atoms in total. The van der Waals surface area contributed by atoms with Crippen LogP contribution >= 0.6 is 23.1 Å². The summed E-state index contributed by atoms with van der Waals surface area (Å²) in [5.41, 5.74) is 6.40. The van der Waals surface area contributed by atoms with Gasteiger partial charge >= 0.3 is 5.97 Å². The molecule has 1 atom stereocenters. The fourth-order valence-electron chi connectivity index (χ4n) is 2.20. The van der Waals surface area contributed by atoms with Crippen molar-refractivity contribution in [2.24, 2.45) is 0 Å². The fourth-order valence-corrected chi connectivity index (χ4v) is 3.45. The van der Waals surface area contributed by atoms with E-state index in [0.717, 1.165) is 0 Å². The third-order valence-electron chi connectivity index (χ3n) is 3.29. The van der Waals surface area contributed by atoms with Gasteiger partial charge < -0.3 is 15.8 Å². The second kappa shape index (κ2) is 8.81. The number of aromatic nitrogens is 4. The van der Waals surface area contributed by atoms with E-state index < -0.39 is 6.04 Å². The van der Waals surface area contributed by atoms with Crippen molar-refractivity contribution < 1.29 is 14.3 Å². The van der Waals surface area contributed by atoms with Gasteiger partial charge in [-0.2, -0.15) is 0 Å². The van der Waals surface area contributed by atoms with Gasteiger partial charge in [-0.15, -0.1) is 21.5 Å². The van der Waals surface area contributed by atoms with Crippen LogP contribution in [-0.4, -0.2) is 44.5 Å². The highest BCUT2D eigenvalue weighted by atomic mass is 32.2. The predicted octanol–water partition coefficient (Wildman–Crippen LogP) is 1.73. The highest BCUT2D eigenvalue weighted by molar-refractivity contribution is 7.98. The van der Waals surface area contributed by atoms with Crippen LogP contribution in [0.1, 0.15) is 32.0 Å². The minimum Gasteiger partial charge on any atom is -0.466 e. The number of ether oxygens (including phenoxy) is 1. The van der Waals surface area contributed by atoms with Crippen LogP contribution in [0.15, 0.2) is 10.5 Å². The van der Waals surface area contributed by atoms with Crippen LogP contribution in [0.2, 0.25) is 0 Å². The zero-order valence-corrected chi connectivity index (χ0v) is 15.8. The summed E-state index contributed by atoms with van der Waals surface area (Å²) >= 11 is 2.61. The molecule has 136 valence electrons. The molecule has 2 heterocycles. The molecule has 0 aliphatic rings. The molecule has 0 fully saturated rings. The molecule has 2 aromatic heterocycles. The van der Waals surface area contributed by atoms with Gasteiger partial charge in [0.1, 0.15) is 6.04 Å². The number of hydrogen-bond donors (Lipinski definition) is 2. The molecular weight excluding hydrogens is 364 g/mol. The Morgan fingerprint density at radius 1 is 1.44 bits per heavy atom. The number of nitrogen functional groups attached to an aromatic ring is 1. The number of esters is 1. The molecule has 2 aromatic rings. The first kappa shape index (κ1) is 19.2. The lowest BCUT2D eigenvalue weighted by Crippen LogP contribution is -2.27. The van der Waals surface area contributed by atoms with Crippen molar-refractivity contribution in [2.45, 2.75) is 37.9 Å². The van der Waals surface area contributed by atoms with Crippen molar-refractivity contribution in [2.75, 3.05) is 23.9 Å². The van der Waals surface area contributed by atoms with Gasteiger partial charge in [-0.05, 0) is 19.6 Å². The van der Waals surface area contributed by atoms with Crippen molar-refractivity contribution in [1.29, 1.82) is 0 Å². The number of nitrogens with two attached hydrogens (primary N) is 1. The molecule has 0 aliphatic heterocycles. The summed E-state index contributed by atoms with van der Waals surface area (Å²) in [5, 5.41) is 13.2. The van der Waals surface area contributed by atoms with Gasteiger partial charge in [0.05, 0.1) is 18.7 Å². The van der Waals surface area contributed by atoms with E-state index in [4.69, 9.17) is 10.5 Å². The van der Waals surface area contributed by atoms with E-state index in [-0.39, 0.29) is 24.2 Å². The fraction of sp³-hybridized carbons (Fsp3) is 0.500. The number of thioether (sulfide) groups is 1. The number of anilines is 2. The number of nitrogens with one attached hydrogen (secondary N) is 1. The maximum atomic E-state index is 12.6. The first-order chi connectivity index (χ1) is 12.0. The van der Waals surface area contributed by atoms with Crippen LogP contribution < -0.4 is 11.1 Å². The van der Waals surface area contributed by atoms with Gasteiger partial charge in [0.2, 0.25) is 11.9 Å². The van der Waals surface area contributed by atoms with E-state index >= 15 is 0 Å². The molecule has 0 radical (unpaired) electrons. The van der Waals surface area contributed by atoms with E-state index in [1.807, 2.05) is 13.2 Å². The van der Waals surface area contributed by atoms with Gasteiger partial charge in [-0.1, -0.05) is 18.7 Å². The molecular formula is C14H20N6O3S2. The molecule has 0 bridgehead atoms. The lowest BCUT2D eigenvalue weighted by Gasteiger charge is -2.17. The average molecular weight is 384 g/mol. The number of rotatable bonds is 8. The Hall–Kier alpha value is -2.14. The van der Waals surface area contributed by atoms with E-state index in [1.54, 1.807) is 16.9 Å². The summed E-state index contributed by atoms with van der Waals surface area (Å²) in [4.78, 5) is 28.3. The number of hydrogen-bond acceptors (Lipinski definition) is 9. The van der Waals surface area contributed by atoms with Crippen molar-refractivity contribution in [3.63, 3.8) is 0 Å². The minimum absolute atomic E-state index is 0.0758. The molecule has 25 heavy (non-hydrogen) atoms. The summed E-state index contributed by atoms with van der Waals surface area (Å²) in [7, 11) is 0. The summed E-state index contributed by atoms with van der Waals surface area (Å²) in [6.07, 6.45) is 2.43. The molecule has 3 N–H and O–H groups in total. The second-order valence-corrected chi connectivity index (χ2v) is 6.59. The Labute approximate surface area is 153 Å². The van der Waals surface area contributed by atoms with Crippen LogP contribution in [0.4, 0.5) is 11.1 Å². The van der Waals surface area contributed by atoms with Crippen LogP contribution in [0.25, 0.3) is 0 Å². The van der Waals surface area contributed by atoms with Crippen LogP contribution in [0, 0.1) is 0 Å². The van der Waals surface area contributed by atoms with Gasteiger partial charge in [0.15, 0.2) is 10.3 Å². The lowest BCUT2D eigenvalue weighted by molar-refractivity contribution is -0.142. The molecule has 0 spiro atoms. The Morgan fingerprint density at radius 2 is 2.20 bits per heavy atom. The molecule has 0 aromatic carbocycles. The van der Waals surface area contributed by atoms with E-state index in [0.29, 0.717) is 29.0 Å². The van der Waals surface area contributed by atoms with Gasteiger partial charge in [-0.25, -0.2) is 4.98 Å². The molecule has 11 heteroatoms.